The first-order valence-corrected chi connectivity index (χ1v) is 8.13. The summed E-state index contributed by atoms with van der Waals surface area (Å²) in [6.07, 6.45) is 0.356. The zero-order valence-corrected chi connectivity index (χ0v) is 14.7. The van der Waals surface area contributed by atoms with Gasteiger partial charge >= 0.3 is 6.09 Å². The second-order valence-corrected chi connectivity index (χ2v) is 6.59. The minimum Gasteiger partial charge on any atom is -0.457 e. The van der Waals surface area contributed by atoms with Crippen LogP contribution in [0.2, 0.25) is 0 Å². The van der Waals surface area contributed by atoms with Crippen molar-refractivity contribution in [2.24, 2.45) is 0 Å². The first kappa shape index (κ1) is 18.5. The number of carbonyl (C=O) groups is 2. The maximum Gasteiger partial charge on any atom is 0.408 e. The zero-order chi connectivity index (χ0) is 18.3. The lowest BCUT2D eigenvalue weighted by Gasteiger charge is -2.23. The maximum absolute atomic E-state index is 12.0. The fourth-order valence-corrected chi connectivity index (χ4v) is 2.24. The summed E-state index contributed by atoms with van der Waals surface area (Å²) < 4.78 is 11.1. The highest BCUT2D eigenvalue weighted by Crippen LogP contribution is 2.25. The van der Waals surface area contributed by atoms with Gasteiger partial charge in [-0.25, -0.2) is 4.79 Å². The van der Waals surface area contributed by atoms with E-state index in [0.29, 0.717) is 11.5 Å². The molecule has 0 aliphatic heterocycles. The number of ether oxygens (including phenoxy) is 2. The third-order valence-corrected chi connectivity index (χ3v) is 3.26. The number of alkyl carbamates (subject to hydrolysis) is 1. The van der Waals surface area contributed by atoms with Gasteiger partial charge in [-0.3, -0.25) is 0 Å². The Kier molecular flexibility index (Phi) is 6.17. The summed E-state index contributed by atoms with van der Waals surface area (Å²) in [6.45, 7) is 5.36. The van der Waals surface area contributed by atoms with Crippen molar-refractivity contribution in [3.8, 4) is 11.5 Å². The first-order chi connectivity index (χ1) is 11.9. The number of para-hydroxylation sites is 1. The Bertz CT molecular complexity index is 707. The molecule has 5 heteroatoms. The number of aldehydes is 1. The second-order valence-electron chi connectivity index (χ2n) is 6.59. The summed E-state index contributed by atoms with van der Waals surface area (Å²) in [6, 6.07) is 16.2. The SMILES string of the molecule is CC(C)(C)OC(=O)N[C@H](CC=O)c1cccc(Oc2ccccc2)c1. The number of rotatable bonds is 6. The molecule has 5 nitrogen and oxygen atoms in total. The third kappa shape index (κ3) is 6.30. The van der Waals surface area contributed by atoms with Gasteiger partial charge < -0.3 is 19.6 Å². The topological polar surface area (TPSA) is 64.6 Å². The Morgan fingerprint density at radius 2 is 1.76 bits per heavy atom. The molecule has 0 radical (unpaired) electrons. The Balaban J connectivity index is 2.13. The van der Waals surface area contributed by atoms with E-state index >= 15 is 0 Å². The molecule has 0 spiro atoms. The fraction of sp³-hybridized carbons (Fsp3) is 0.300. The van der Waals surface area contributed by atoms with Crippen LogP contribution < -0.4 is 10.1 Å². The Morgan fingerprint density at radius 1 is 1.08 bits per heavy atom. The summed E-state index contributed by atoms with van der Waals surface area (Å²) in [5.41, 5.74) is 0.167. The van der Waals surface area contributed by atoms with Crippen molar-refractivity contribution in [1.29, 1.82) is 0 Å². The van der Waals surface area contributed by atoms with Crippen LogP contribution in [0.4, 0.5) is 4.79 Å². The number of hydrogen-bond donors (Lipinski definition) is 1. The quantitative estimate of drug-likeness (QED) is 0.778. The standard InChI is InChI=1S/C20H23NO4/c1-20(2,3)25-19(23)21-18(12-13-22)15-8-7-11-17(14-15)24-16-9-5-4-6-10-16/h4-11,13-14,18H,12H2,1-3H3,(H,21,23)/t18-/m1/s1. The number of hydrogen-bond acceptors (Lipinski definition) is 4. The summed E-state index contributed by atoms with van der Waals surface area (Å²) in [5, 5.41) is 2.73. The zero-order valence-electron chi connectivity index (χ0n) is 14.7. The van der Waals surface area contributed by atoms with Crippen LogP contribution in [0.25, 0.3) is 0 Å². The molecule has 0 saturated heterocycles. The van der Waals surface area contributed by atoms with Gasteiger partial charge in [0.1, 0.15) is 23.4 Å². The highest BCUT2D eigenvalue weighted by Gasteiger charge is 2.20. The Hall–Kier alpha value is -2.82. The van der Waals surface area contributed by atoms with Gasteiger partial charge in [-0.15, -0.1) is 0 Å². The minimum absolute atomic E-state index is 0.147. The molecular weight excluding hydrogens is 318 g/mol. The second kappa shape index (κ2) is 8.33. The van der Waals surface area contributed by atoms with Crippen molar-refractivity contribution in [3.63, 3.8) is 0 Å². The van der Waals surface area contributed by atoms with E-state index in [-0.39, 0.29) is 6.42 Å². The lowest BCUT2D eigenvalue weighted by molar-refractivity contribution is -0.108. The van der Waals surface area contributed by atoms with Crippen molar-refractivity contribution >= 4 is 12.4 Å². The molecule has 0 saturated carbocycles. The molecule has 25 heavy (non-hydrogen) atoms. The summed E-state index contributed by atoms with van der Waals surface area (Å²) >= 11 is 0. The Labute approximate surface area is 148 Å². The molecule has 0 aromatic heterocycles. The molecule has 0 fully saturated rings. The van der Waals surface area contributed by atoms with E-state index < -0.39 is 17.7 Å². The molecule has 132 valence electrons. The normalized spacial score (nSPS) is 12.1. The number of amides is 1. The van der Waals surface area contributed by atoms with Gasteiger partial charge in [-0.2, -0.15) is 0 Å². The summed E-state index contributed by atoms with van der Waals surface area (Å²) in [5.74, 6) is 1.34. The van der Waals surface area contributed by atoms with Crippen molar-refractivity contribution in [3.05, 3.63) is 60.2 Å². The average Bonchev–Trinajstić information content (AvgIpc) is 2.54. The lowest BCUT2D eigenvalue weighted by atomic mass is 10.0. The average molecular weight is 341 g/mol. The molecular formula is C20H23NO4. The molecule has 2 rings (SSSR count). The van der Waals surface area contributed by atoms with Crippen LogP contribution in [-0.4, -0.2) is 18.0 Å². The highest BCUT2D eigenvalue weighted by atomic mass is 16.6. The lowest BCUT2D eigenvalue weighted by Crippen LogP contribution is -2.35. The van der Waals surface area contributed by atoms with Crippen molar-refractivity contribution in [1.82, 2.24) is 5.32 Å². The fourth-order valence-electron chi connectivity index (χ4n) is 2.24. The van der Waals surface area contributed by atoms with Crippen molar-refractivity contribution < 1.29 is 19.1 Å². The van der Waals surface area contributed by atoms with E-state index in [0.717, 1.165) is 11.8 Å². The number of nitrogens with one attached hydrogen (secondary N) is 1. The molecule has 2 aromatic rings. The van der Waals surface area contributed by atoms with Gasteiger partial charge in [0, 0.05) is 6.42 Å². The molecule has 0 bridgehead atoms. The summed E-state index contributed by atoms with van der Waals surface area (Å²) in [4.78, 5) is 23.0. The molecule has 0 unspecified atom stereocenters. The molecule has 1 atom stereocenters. The molecule has 0 heterocycles. The number of benzene rings is 2. The molecule has 0 aliphatic carbocycles. The van der Waals surface area contributed by atoms with Crippen LogP contribution >= 0.6 is 0 Å². The van der Waals surface area contributed by atoms with E-state index in [1.54, 1.807) is 26.8 Å². The molecule has 1 amide bonds. The van der Waals surface area contributed by atoms with Crippen molar-refractivity contribution in [2.75, 3.05) is 0 Å². The molecule has 2 aromatic carbocycles. The van der Waals surface area contributed by atoms with Crippen LogP contribution in [0, 0.1) is 0 Å². The maximum atomic E-state index is 12.0. The van der Waals surface area contributed by atoms with Crippen LogP contribution in [0.3, 0.4) is 0 Å². The third-order valence-electron chi connectivity index (χ3n) is 3.26. The van der Waals surface area contributed by atoms with E-state index in [9.17, 15) is 9.59 Å². The van der Waals surface area contributed by atoms with Gasteiger partial charge in [0.05, 0.1) is 6.04 Å². The number of carbonyl (C=O) groups excluding carboxylic acids is 2. The smallest absolute Gasteiger partial charge is 0.408 e. The predicted molar refractivity (Wildman–Crippen MR) is 95.7 cm³/mol. The highest BCUT2D eigenvalue weighted by molar-refractivity contribution is 5.69. The van der Waals surface area contributed by atoms with Crippen LogP contribution in [0.15, 0.2) is 54.6 Å². The monoisotopic (exact) mass is 341 g/mol. The van der Waals surface area contributed by atoms with Gasteiger partial charge in [-0.05, 0) is 50.6 Å². The van der Waals surface area contributed by atoms with Gasteiger partial charge in [0.25, 0.3) is 0 Å². The van der Waals surface area contributed by atoms with E-state index in [1.165, 1.54) is 0 Å². The largest absolute Gasteiger partial charge is 0.457 e. The summed E-state index contributed by atoms with van der Waals surface area (Å²) in [7, 11) is 0. The Morgan fingerprint density at radius 3 is 2.40 bits per heavy atom. The van der Waals surface area contributed by atoms with Gasteiger partial charge in [0.15, 0.2) is 0 Å². The van der Waals surface area contributed by atoms with E-state index in [4.69, 9.17) is 9.47 Å². The van der Waals surface area contributed by atoms with E-state index in [1.807, 2.05) is 48.5 Å². The van der Waals surface area contributed by atoms with Crippen molar-refractivity contribution in [2.45, 2.75) is 38.8 Å². The molecule has 1 N–H and O–H groups in total. The van der Waals surface area contributed by atoms with Gasteiger partial charge in [-0.1, -0.05) is 30.3 Å². The molecule has 0 aliphatic rings. The van der Waals surface area contributed by atoms with Crippen LogP contribution in [-0.2, 0) is 9.53 Å². The minimum atomic E-state index is -0.603. The van der Waals surface area contributed by atoms with Gasteiger partial charge in [0.2, 0.25) is 0 Å². The van der Waals surface area contributed by atoms with Crippen LogP contribution in [0.1, 0.15) is 38.8 Å². The van der Waals surface area contributed by atoms with Crippen LogP contribution in [0.5, 0.6) is 11.5 Å². The van der Waals surface area contributed by atoms with E-state index in [2.05, 4.69) is 5.32 Å². The predicted octanol–water partition coefficient (Wildman–Crippen LogP) is 4.63. The first-order valence-electron chi connectivity index (χ1n) is 8.13.